The predicted molar refractivity (Wildman–Crippen MR) is 548 cm³/mol. The molecule has 3 nitrogen and oxygen atoms in total. The summed E-state index contributed by atoms with van der Waals surface area (Å²) in [4.78, 5) is 0. The second-order valence-corrected chi connectivity index (χ2v) is 33.7. The summed E-state index contributed by atoms with van der Waals surface area (Å²) in [6, 6.07) is 171. The maximum Gasteiger partial charge on any atom is 0.136 e. The molecule has 24 aromatic carbocycles. The van der Waals surface area contributed by atoms with Crippen LogP contribution >= 0.6 is 0 Å². The molecule has 0 amide bonds. The Morgan fingerprint density at radius 3 is 0.837 bits per heavy atom. The number of hydrogen-bond acceptors (Lipinski definition) is 3. The summed E-state index contributed by atoms with van der Waals surface area (Å²) in [7, 11) is 0. The molecule has 27 aromatic rings. The molecule has 0 N–H and O–H groups in total. The van der Waals surface area contributed by atoms with Gasteiger partial charge in [0.25, 0.3) is 0 Å². The zero-order chi connectivity index (χ0) is 85.0. The van der Waals surface area contributed by atoms with Crippen molar-refractivity contribution in [2.75, 3.05) is 0 Å². The molecule has 27 rings (SSSR count). The van der Waals surface area contributed by atoms with Crippen LogP contribution in [0.1, 0.15) is 0 Å². The van der Waals surface area contributed by atoms with Crippen molar-refractivity contribution in [1.29, 1.82) is 0 Å². The third-order valence-corrected chi connectivity index (χ3v) is 26.5. The molecule has 0 unspecified atom stereocenters. The molecule has 0 aliphatic heterocycles. The van der Waals surface area contributed by atoms with Crippen molar-refractivity contribution in [1.82, 2.24) is 0 Å². The molecule has 0 saturated heterocycles. The van der Waals surface area contributed by atoms with Gasteiger partial charge in [0, 0.05) is 32.3 Å². The maximum atomic E-state index is 6.29. The first-order valence-corrected chi connectivity index (χ1v) is 44.3. The van der Waals surface area contributed by atoms with Crippen molar-refractivity contribution in [2.45, 2.75) is 0 Å². The van der Waals surface area contributed by atoms with Crippen molar-refractivity contribution in [2.24, 2.45) is 0 Å². The second-order valence-electron chi connectivity index (χ2n) is 33.7. The highest BCUT2D eigenvalue weighted by Crippen LogP contribution is 2.52. The molecule has 0 saturated carbocycles. The first kappa shape index (κ1) is 74.6. The highest BCUT2D eigenvalue weighted by atomic mass is 16.3. The van der Waals surface area contributed by atoms with E-state index in [0.717, 1.165) is 60.4 Å². The van der Waals surface area contributed by atoms with Gasteiger partial charge in [-0.3, -0.25) is 0 Å². The average Bonchev–Trinajstić information content (AvgIpc) is 1.36. The fraction of sp³-hybridized carbons (Fsp3) is 0. The quantitative estimate of drug-likeness (QED) is 0.135. The van der Waals surface area contributed by atoms with Crippen molar-refractivity contribution >= 4 is 163 Å². The third kappa shape index (κ3) is 12.6. The topological polar surface area (TPSA) is 39.4 Å². The first-order valence-electron chi connectivity index (χ1n) is 44.3. The summed E-state index contributed by atoms with van der Waals surface area (Å²) in [5, 5.41) is 29.6. The minimum atomic E-state index is 0.913. The lowest BCUT2D eigenvalue weighted by atomic mass is 9.83. The van der Waals surface area contributed by atoms with Crippen LogP contribution in [-0.4, -0.2) is 0 Å². The molecule has 0 bridgehead atoms. The van der Waals surface area contributed by atoms with E-state index >= 15 is 0 Å². The SMILES string of the molecule is c1ccc(-c2c3ccccc3c(-c3cc(-c4ccc5oc6ccccc6c5c4)cc4ccccc34)c3ccccc23)cc1.c1ccc(-c2c3ccccc3c(-c3cc(-c4cccc5oc6ccccc6c45)cc4ccccc34)c3ccccc23)cc1.c1ccc2cc(-c3c4ccccc4c(-c4ccc(-c5cccc6oc7ccccc7c56)cc4)c4ccccc34)ccc2c1. The van der Waals surface area contributed by atoms with Crippen LogP contribution in [0.3, 0.4) is 0 Å². The zero-order valence-electron chi connectivity index (χ0n) is 70.3. The number of furan rings is 3. The fourth-order valence-electron chi connectivity index (χ4n) is 20.9. The molecule has 3 aromatic heterocycles. The summed E-state index contributed by atoms with van der Waals surface area (Å²) in [5.41, 5.74) is 27.7. The van der Waals surface area contributed by atoms with Gasteiger partial charge in [0.05, 0.1) is 0 Å². The van der Waals surface area contributed by atoms with Crippen molar-refractivity contribution in [3.8, 4) is 100 Å². The standard InChI is InChI=1S/3C42H26O/c1-2-11-30-26-31(25-20-27(30)10-1)41-35-14-5-3-12-33(35)40(34-13-4-6-15-36(34)41)29-23-21-28(22-24-29)32-17-9-19-39-42(32)37-16-7-8-18-38(37)43-39;1-2-13-27(14-3-1)40-32-17-6-8-19-34(32)41(35-20-9-7-18-33(35)40)37-26-29(25-28-15-4-5-16-30(28)37)31-22-12-24-39-42(31)36-21-10-11-23-38(36)43-39;1-2-12-27(13-3-1)41-33-17-6-8-19-35(33)42(36-20-9-7-18-34(36)41)38-26-30(24-29-14-4-5-15-31(29)38)28-22-23-40-37(25-28)32-16-10-11-21-39(32)43-40/h3*1-26H. The van der Waals surface area contributed by atoms with Crippen LogP contribution < -0.4 is 0 Å². The van der Waals surface area contributed by atoms with Crippen molar-refractivity contribution in [3.05, 3.63) is 473 Å². The molecule has 600 valence electrons. The van der Waals surface area contributed by atoms with Gasteiger partial charge >= 0.3 is 0 Å². The Morgan fingerprint density at radius 2 is 0.388 bits per heavy atom. The smallest absolute Gasteiger partial charge is 0.136 e. The first-order chi connectivity index (χ1) is 64.0. The second kappa shape index (κ2) is 31.1. The van der Waals surface area contributed by atoms with Gasteiger partial charge in [0.15, 0.2) is 0 Å². The van der Waals surface area contributed by atoms with Gasteiger partial charge in [0.2, 0.25) is 0 Å². The molecule has 3 heteroatoms. The van der Waals surface area contributed by atoms with Crippen molar-refractivity contribution < 1.29 is 13.3 Å². The van der Waals surface area contributed by atoms with E-state index in [0.29, 0.717) is 0 Å². The lowest BCUT2D eigenvalue weighted by Gasteiger charge is -2.19. The molecule has 0 aliphatic rings. The average molecular weight is 1640 g/mol. The fourth-order valence-corrected chi connectivity index (χ4v) is 20.9. The lowest BCUT2D eigenvalue weighted by Crippen LogP contribution is -1.92. The Hall–Kier alpha value is -17.0. The van der Waals surface area contributed by atoms with Crippen LogP contribution in [-0.2, 0) is 0 Å². The van der Waals surface area contributed by atoms with E-state index in [1.54, 1.807) is 0 Å². The van der Waals surface area contributed by atoms with Gasteiger partial charge in [0.1, 0.15) is 33.5 Å². The van der Waals surface area contributed by atoms with Crippen LogP contribution in [0.2, 0.25) is 0 Å². The number of para-hydroxylation sites is 3. The minimum Gasteiger partial charge on any atom is -0.456 e. The zero-order valence-corrected chi connectivity index (χ0v) is 70.3. The predicted octanol–water partition coefficient (Wildman–Crippen LogP) is 36.1. The van der Waals surface area contributed by atoms with Crippen molar-refractivity contribution in [3.63, 3.8) is 0 Å². The van der Waals surface area contributed by atoms with E-state index in [9.17, 15) is 0 Å². The molecular weight excluding hydrogens is 1560 g/mol. The third-order valence-electron chi connectivity index (χ3n) is 26.5. The van der Waals surface area contributed by atoms with Crippen LogP contribution in [0, 0.1) is 0 Å². The van der Waals surface area contributed by atoms with E-state index in [4.69, 9.17) is 13.3 Å². The van der Waals surface area contributed by atoms with Gasteiger partial charge in [-0.2, -0.15) is 0 Å². The normalized spacial score (nSPS) is 11.7. The summed E-state index contributed by atoms with van der Waals surface area (Å²) < 4.78 is 18.6. The Bertz CT molecular complexity index is 9010. The molecule has 0 aliphatic carbocycles. The van der Waals surface area contributed by atoms with E-state index < -0.39 is 0 Å². The number of rotatable bonds is 9. The van der Waals surface area contributed by atoms with E-state index in [1.807, 2.05) is 30.3 Å². The molecule has 3 heterocycles. The molecule has 0 fully saturated rings. The van der Waals surface area contributed by atoms with Crippen LogP contribution in [0.15, 0.2) is 486 Å². The summed E-state index contributed by atoms with van der Waals surface area (Å²) in [6.45, 7) is 0. The highest BCUT2D eigenvalue weighted by molar-refractivity contribution is 6.28. The molecular formula is C126H78O3. The van der Waals surface area contributed by atoms with E-state index in [2.05, 4.69) is 443 Å². The summed E-state index contributed by atoms with van der Waals surface area (Å²) in [5.74, 6) is 0. The highest BCUT2D eigenvalue weighted by Gasteiger charge is 2.25. The van der Waals surface area contributed by atoms with Gasteiger partial charge in [-0.15, -0.1) is 0 Å². The number of fused-ring (bicyclic) bond motifs is 18. The van der Waals surface area contributed by atoms with Crippen LogP contribution in [0.5, 0.6) is 0 Å². The molecule has 0 atom stereocenters. The van der Waals surface area contributed by atoms with Gasteiger partial charge in [-0.25, -0.2) is 0 Å². The Balaban J connectivity index is 0.000000105. The Morgan fingerprint density at radius 1 is 0.109 bits per heavy atom. The monoisotopic (exact) mass is 1640 g/mol. The molecule has 0 radical (unpaired) electrons. The molecule has 0 spiro atoms. The van der Waals surface area contributed by atoms with Crippen LogP contribution in [0.25, 0.3) is 263 Å². The number of benzene rings is 24. The van der Waals surface area contributed by atoms with E-state index in [1.165, 1.54) is 202 Å². The minimum absolute atomic E-state index is 0.913. The summed E-state index contributed by atoms with van der Waals surface area (Å²) >= 11 is 0. The van der Waals surface area contributed by atoms with Gasteiger partial charge in [-0.1, -0.05) is 400 Å². The van der Waals surface area contributed by atoms with Gasteiger partial charge in [-0.05, 0) is 270 Å². The van der Waals surface area contributed by atoms with E-state index in [-0.39, 0.29) is 0 Å². The van der Waals surface area contributed by atoms with Gasteiger partial charge < -0.3 is 13.3 Å². The largest absolute Gasteiger partial charge is 0.456 e. The molecule has 129 heavy (non-hydrogen) atoms. The maximum absolute atomic E-state index is 6.29. The Kier molecular flexibility index (Phi) is 18.0. The number of hydrogen-bond donors (Lipinski definition) is 0. The summed E-state index contributed by atoms with van der Waals surface area (Å²) in [6.07, 6.45) is 0. The van der Waals surface area contributed by atoms with Crippen LogP contribution in [0.4, 0.5) is 0 Å². The lowest BCUT2D eigenvalue weighted by molar-refractivity contribution is 0.668. The Labute approximate surface area is 744 Å².